The Labute approximate surface area is 243 Å². The van der Waals surface area contributed by atoms with Crippen molar-refractivity contribution >= 4 is 54.3 Å². The second kappa shape index (κ2) is 8.95. The maximum atomic E-state index is 2.42. The third-order valence-electron chi connectivity index (χ3n) is 8.70. The zero-order valence-corrected chi connectivity index (χ0v) is 22.9. The zero-order chi connectivity index (χ0) is 27.6. The van der Waals surface area contributed by atoms with Crippen molar-refractivity contribution in [3.05, 3.63) is 158 Å². The summed E-state index contributed by atoms with van der Waals surface area (Å²) in [5.74, 6) is 0. The molecule has 0 fully saturated rings. The quantitative estimate of drug-likeness (QED) is 0.200. The second-order valence-electron chi connectivity index (χ2n) is 11.1. The van der Waals surface area contributed by atoms with E-state index in [1.165, 1.54) is 71.1 Å². The number of rotatable bonds is 3. The molecule has 0 unspecified atom stereocenters. The summed E-state index contributed by atoms with van der Waals surface area (Å²) >= 11 is 0. The van der Waals surface area contributed by atoms with Crippen LogP contribution < -0.4 is 0 Å². The van der Waals surface area contributed by atoms with Gasteiger partial charge in [-0.15, -0.1) is 0 Å². The number of fused-ring (bicyclic) bond motifs is 7. The molecule has 0 aliphatic rings. The minimum Gasteiger partial charge on any atom is -0.316 e. The molecule has 2 heteroatoms. The first-order valence-electron chi connectivity index (χ1n) is 14.4. The molecule has 2 nitrogen and oxygen atoms in total. The minimum atomic E-state index is 1.16. The Bertz CT molecular complexity index is 2460. The number of aromatic nitrogens is 2. The molecule has 2 heterocycles. The number of hydrogen-bond acceptors (Lipinski definition) is 0. The van der Waals surface area contributed by atoms with Crippen LogP contribution in [0.15, 0.2) is 158 Å². The average Bonchev–Trinajstić information content (AvgIpc) is 3.62. The summed E-state index contributed by atoms with van der Waals surface area (Å²) in [4.78, 5) is 0. The fourth-order valence-electron chi connectivity index (χ4n) is 6.71. The molecule has 0 N–H and O–H groups in total. The van der Waals surface area contributed by atoms with Crippen molar-refractivity contribution in [3.8, 4) is 22.5 Å². The van der Waals surface area contributed by atoms with E-state index in [9.17, 15) is 0 Å². The Hall–Kier alpha value is -5.60. The van der Waals surface area contributed by atoms with E-state index in [2.05, 4.69) is 167 Å². The molecule has 42 heavy (non-hydrogen) atoms. The van der Waals surface area contributed by atoms with Crippen molar-refractivity contribution in [1.82, 2.24) is 9.13 Å². The van der Waals surface area contributed by atoms with Crippen LogP contribution in [0.3, 0.4) is 0 Å². The summed E-state index contributed by atoms with van der Waals surface area (Å²) in [6.45, 7) is 0. The van der Waals surface area contributed by atoms with Crippen molar-refractivity contribution in [2.45, 2.75) is 0 Å². The molecule has 0 radical (unpaired) electrons. The van der Waals surface area contributed by atoms with Crippen LogP contribution in [-0.2, 0) is 0 Å². The van der Waals surface area contributed by atoms with Crippen LogP contribution in [0.5, 0.6) is 0 Å². The van der Waals surface area contributed by atoms with Crippen molar-refractivity contribution in [1.29, 1.82) is 0 Å². The van der Waals surface area contributed by atoms with Gasteiger partial charge in [0.05, 0.1) is 16.6 Å². The van der Waals surface area contributed by atoms with Gasteiger partial charge in [0, 0.05) is 33.7 Å². The van der Waals surface area contributed by atoms with Crippen LogP contribution >= 0.6 is 0 Å². The minimum absolute atomic E-state index is 1.16. The topological polar surface area (TPSA) is 9.86 Å². The van der Waals surface area contributed by atoms with Crippen molar-refractivity contribution < 1.29 is 0 Å². The highest BCUT2D eigenvalue weighted by molar-refractivity contribution is 6.13. The molecule has 0 saturated heterocycles. The van der Waals surface area contributed by atoms with Crippen LogP contribution in [0, 0.1) is 0 Å². The SMILES string of the molecule is c1ccc(-n2ccc3cc4c5ccccc5n(-c5cccc(-c6ccc7c(ccc8ccccc87)c6)c5)c4cc32)cc1. The molecule has 0 amide bonds. The van der Waals surface area contributed by atoms with Crippen LogP contribution in [0.4, 0.5) is 0 Å². The smallest absolute Gasteiger partial charge is 0.0562 e. The Morgan fingerprint density at radius 2 is 1.07 bits per heavy atom. The van der Waals surface area contributed by atoms with Crippen molar-refractivity contribution in [2.75, 3.05) is 0 Å². The van der Waals surface area contributed by atoms with Crippen LogP contribution in [0.2, 0.25) is 0 Å². The molecule has 9 rings (SSSR count). The fraction of sp³-hybridized carbons (Fsp3) is 0. The Kier molecular flexibility index (Phi) is 4.93. The Morgan fingerprint density at radius 1 is 0.333 bits per heavy atom. The molecule has 0 spiro atoms. The van der Waals surface area contributed by atoms with Crippen molar-refractivity contribution in [2.24, 2.45) is 0 Å². The predicted octanol–water partition coefficient (Wildman–Crippen LogP) is 10.7. The molecule has 0 bridgehead atoms. The van der Waals surface area contributed by atoms with E-state index in [-0.39, 0.29) is 0 Å². The van der Waals surface area contributed by atoms with E-state index in [0.717, 1.165) is 5.69 Å². The molecule has 196 valence electrons. The third-order valence-corrected chi connectivity index (χ3v) is 8.70. The molecular weight excluding hydrogens is 508 g/mol. The fourth-order valence-corrected chi connectivity index (χ4v) is 6.71. The van der Waals surface area contributed by atoms with Crippen LogP contribution in [0.1, 0.15) is 0 Å². The van der Waals surface area contributed by atoms with E-state index < -0.39 is 0 Å². The molecule has 2 aromatic heterocycles. The highest BCUT2D eigenvalue weighted by Crippen LogP contribution is 2.37. The van der Waals surface area contributed by atoms with Gasteiger partial charge in [0.1, 0.15) is 0 Å². The maximum Gasteiger partial charge on any atom is 0.0562 e. The lowest BCUT2D eigenvalue weighted by molar-refractivity contribution is 1.12. The molecule has 9 aromatic rings. The van der Waals surface area contributed by atoms with Crippen LogP contribution in [0.25, 0.3) is 76.8 Å². The summed E-state index contributed by atoms with van der Waals surface area (Å²) in [5.41, 5.74) is 8.39. The molecule has 0 aliphatic heterocycles. The summed E-state index contributed by atoms with van der Waals surface area (Å²) < 4.78 is 4.70. The van der Waals surface area contributed by atoms with Crippen LogP contribution in [-0.4, -0.2) is 9.13 Å². The molecule has 7 aromatic carbocycles. The Balaban J connectivity index is 1.25. The molecule has 0 aliphatic carbocycles. The average molecular weight is 535 g/mol. The third kappa shape index (κ3) is 3.45. The van der Waals surface area contributed by atoms with E-state index >= 15 is 0 Å². The lowest BCUT2D eigenvalue weighted by Gasteiger charge is -2.12. The first kappa shape index (κ1) is 23.1. The highest BCUT2D eigenvalue weighted by atomic mass is 15.0. The number of benzene rings is 7. The van der Waals surface area contributed by atoms with Gasteiger partial charge in [0.25, 0.3) is 0 Å². The second-order valence-corrected chi connectivity index (χ2v) is 11.1. The first-order chi connectivity index (χ1) is 20.8. The standard InChI is InChI=1S/C40H26N2/c1-2-11-32(12-3-1)41-22-21-31-25-37-36-15-6-7-16-38(36)42(40(37)26-39(31)41)33-13-8-10-28(24-33)29-19-20-35-30(23-29)18-17-27-9-4-5-14-34(27)35/h1-26H. The highest BCUT2D eigenvalue weighted by Gasteiger charge is 2.15. The largest absolute Gasteiger partial charge is 0.316 e. The van der Waals surface area contributed by atoms with Gasteiger partial charge >= 0.3 is 0 Å². The number of para-hydroxylation sites is 2. The first-order valence-corrected chi connectivity index (χ1v) is 14.4. The normalized spacial score (nSPS) is 11.8. The summed E-state index contributed by atoms with van der Waals surface area (Å²) in [6, 6.07) is 55.2. The van der Waals surface area contributed by atoms with E-state index in [0.29, 0.717) is 0 Å². The van der Waals surface area contributed by atoms with Gasteiger partial charge in [-0.05, 0) is 87.3 Å². The van der Waals surface area contributed by atoms with E-state index in [4.69, 9.17) is 0 Å². The van der Waals surface area contributed by atoms with Gasteiger partial charge in [-0.25, -0.2) is 0 Å². The Morgan fingerprint density at radius 3 is 2.00 bits per heavy atom. The maximum absolute atomic E-state index is 2.42. The van der Waals surface area contributed by atoms with Gasteiger partial charge in [0.15, 0.2) is 0 Å². The summed E-state index contributed by atoms with van der Waals surface area (Å²) in [5, 5.41) is 8.91. The lowest BCUT2D eigenvalue weighted by atomic mass is 9.97. The molecule has 0 saturated carbocycles. The van der Waals surface area contributed by atoms with Gasteiger partial charge in [-0.3, -0.25) is 0 Å². The summed E-state index contributed by atoms with van der Waals surface area (Å²) in [6.07, 6.45) is 2.18. The summed E-state index contributed by atoms with van der Waals surface area (Å²) in [7, 11) is 0. The number of nitrogens with zero attached hydrogens (tertiary/aromatic N) is 2. The van der Waals surface area contributed by atoms with Gasteiger partial charge in [-0.1, -0.05) is 97.1 Å². The molecule has 0 atom stereocenters. The van der Waals surface area contributed by atoms with Gasteiger partial charge < -0.3 is 9.13 Å². The van der Waals surface area contributed by atoms with Crippen molar-refractivity contribution in [3.63, 3.8) is 0 Å². The molecular formula is C40H26N2. The monoisotopic (exact) mass is 534 g/mol. The van der Waals surface area contributed by atoms with E-state index in [1.807, 2.05) is 0 Å². The lowest BCUT2D eigenvalue weighted by Crippen LogP contribution is -1.95. The number of hydrogen-bond donors (Lipinski definition) is 0. The van der Waals surface area contributed by atoms with Gasteiger partial charge in [-0.2, -0.15) is 0 Å². The van der Waals surface area contributed by atoms with Gasteiger partial charge in [0.2, 0.25) is 0 Å². The predicted molar refractivity (Wildman–Crippen MR) is 178 cm³/mol. The zero-order valence-electron chi connectivity index (χ0n) is 22.9. The van der Waals surface area contributed by atoms with E-state index in [1.54, 1.807) is 0 Å².